The summed E-state index contributed by atoms with van der Waals surface area (Å²) in [6.07, 6.45) is 0. The van der Waals surface area contributed by atoms with Gasteiger partial charge in [-0.25, -0.2) is 0 Å². The van der Waals surface area contributed by atoms with Crippen molar-refractivity contribution in [3.05, 3.63) is 0 Å². The Morgan fingerprint density at radius 1 is 0.933 bits per heavy atom. The third kappa shape index (κ3) is 3.16. The second-order valence-electron chi connectivity index (χ2n) is 4.91. The molecule has 2 saturated heterocycles. The second kappa shape index (κ2) is 5.63. The number of rotatable bonds is 2. The van der Waals surface area contributed by atoms with Crippen LogP contribution in [0.15, 0.2) is 0 Å². The summed E-state index contributed by atoms with van der Waals surface area (Å²) >= 11 is -0.0483. The Hall–Kier alpha value is 0.372. The molecule has 2 heterocycles. The molecule has 86 valence electrons. The predicted molar refractivity (Wildman–Crippen MR) is 65.7 cm³/mol. The lowest BCUT2D eigenvalue weighted by Gasteiger charge is -2.39. The third-order valence-corrected chi connectivity index (χ3v) is 6.75. The number of piperazine rings is 2. The zero-order valence-electron chi connectivity index (χ0n) is 10.00. The van der Waals surface area contributed by atoms with Gasteiger partial charge in [0, 0.05) is 26.2 Å². The molecule has 0 aromatic heterocycles. The number of nitrogens with zero attached hydrogens (tertiary/aromatic N) is 2. The van der Waals surface area contributed by atoms with Gasteiger partial charge in [-0.3, -0.25) is 0 Å². The first-order chi connectivity index (χ1) is 7.27. The fraction of sp³-hybridized carbons (Fsp3) is 1.00. The fourth-order valence-corrected chi connectivity index (χ4v) is 5.02. The van der Waals surface area contributed by atoms with Crippen molar-refractivity contribution in [2.24, 2.45) is 0 Å². The molecule has 4 nitrogen and oxygen atoms in total. The number of hydrogen-bond donors (Lipinski definition) is 2. The van der Waals surface area contributed by atoms with Crippen molar-refractivity contribution >= 4 is 15.2 Å². The summed E-state index contributed by atoms with van der Waals surface area (Å²) in [6.45, 7) is 7.21. The lowest BCUT2D eigenvalue weighted by molar-refractivity contribution is 0.229. The summed E-state index contributed by atoms with van der Waals surface area (Å²) in [5, 5.41) is 7.05. The molecule has 2 aliphatic rings. The molecule has 0 aliphatic carbocycles. The first kappa shape index (κ1) is 11.8. The SMILES string of the molecule is CN1CCNC[CH]1[AlH][CH]1CNCCN1C. The highest BCUT2D eigenvalue weighted by atomic mass is 27.1. The van der Waals surface area contributed by atoms with E-state index in [0.29, 0.717) is 0 Å². The number of hydrogen-bond acceptors (Lipinski definition) is 4. The van der Waals surface area contributed by atoms with Gasteiger partial charge in [0.1, 0.15) is 0 Å². The van der Waals surface area contributed by atoms with Crippen LogP contribution in [-0.4, -0.2) is 88.2 Å². The van der Waals surface area contributed by atoms with Crippen LogP contribution >= 0.6 is 0 Å². The predicted octanol–water partition coefficient (Wildman–Crippen LogP) is -1.85. The number of nitrogens with one attached hydrogen (secondary N) is 2. The summed E-state index contributed by atoms with van der Waals surface area (Å²) < 4.78 is 0. The topological polar surface area (TPSA) is 30.5 Å². The van der Waals surface area contributed by atoms with Crippen molar-refractivity contribution in [1.29, 1.82) is 0 Å². The molecule has 0 spiro atoms. The van der Waals surface area contributed by atoms with Crippen LogP contribution in [0.25, 0.3) is 0 Å². The van der Waals surface area contributed by atoms with E-state index in [1.165, 1.54) is 39.3 Å². The average molecular weight is 226 g/mol. The first-order valence-corrected chi connectivity index (χ1v) is 7.72. The van der Waals surface area contributed by atoms with Crippen LogP contribution in [0.1, 0.15) is 0 Å². The van der Waals surface area contributed by atoms with Gasteiger partial charge in [-0.2, -0.15) is 0 Å². The molecular weight excluding hydrogens is 203 g/mol. The van der Waals surface area contributed by atoms with E-state index >= 15 is 0 Å². The molecule has 15 heavy (non-hydrogen) atoms. The maximum Gasteiger partial charge on any atom is 0.292 e. The lowest BCUT2D eigenvalue weighted by atomic mass is 10.4. The summed E-state index contributed by atoms with van der Waals surface area (Å²) in [7, 11) is 4.57. The fourth-order valence-electron chi connectivity index (χ4n) is 2.57. The van der Waals surface area contributed by atoms with Crippen molar-refractivity contribution in [1.82, 2.24) is 20.4 Å². The Labute approximate surface area is 99.1 Å². The van der Waals surface area contributed by atoms with Crippen LogP contribution < -0.4 is 10.6 Å². The van der Waals surface area contributed by atoms with Crippen molar-refractivity contribution in [3.8, 4) is 0 Å². The van der Waals surface area contributed by atoms with Gasteiger partial charge in [0.15, 0.2) is 0 Å². The second-order valence-corrected chi connectivity index (χ2v) is 7.27. The summed E-state index contributed by atoms with van der Waals surface area (Å²) in [6, 6.07) is 0. The van der Waals surface area contributed by atoms with E-state index in [1.54, 1.807) is 0 Å². The van der Waals surface area contributed by atoms with E-state index < -0.39 is 0 Å². The molecule has 0 aromatic rings. The Balaban J connectivity index is 1.83. The Morgan fingerprint density at radius 3 is 1.80 bits per heavy atom. The van der Waals surface area contributed by atoms with Gasteiger partial charge in [-0.05, 0) is 37.0 Å². The highest BCUT2D eigenvalue weighted by Gasteiger charge is 2.28. The summed E-state index contributed by atoms with van der Waals surface area (Å²) in [5.74, 6) is 0. The van der Waals surface area contributed by atoms with Crippen LogP contribution in [0.3, 0.4) is 0 Å². The van der Waals surface area contributed by atoms with Gasteiger partial charge < -0.3 is 20.4 Å². The van der Waals surface area contributed by atoms with Crippen LogP contribution in [0.5, 0.6) is 0 Å². The quantitative estimate of drug-likeness (QED) is 0.541. The standard InChI is InChI=1S/2C5H11N2.Al.H/c2*1-7-4-2-6-3-5-7;;/h2*4,6H,2-3,5H2,1H3;;. The maximum atomic E-state index is 3.52. The highest BCUT2D eigenvalue weighted by Crippen LogP contribution is 2.05. The largest absolute Gasteiger partial charge is 0.315 e. The minimum atomic E-state index is -0.0483. The minimum Gasteiger partial charge on any atom is -0.315 e. The van der Waals surface area contributed by atoms with E-state index in [-0.39, 0.29) is 15.2 Å². The zero-order valence-corrected chi connectivity index (χ0v) is 11.4. The van der Waals surface area contributed by atoms with Crippen LogP contribution in [0, 0.1) is 0 Å². The van der Waals surface area contributed by atoms with Crippen LogP contribution in [0.2, 0.25) is 0 Å². The van der Waals surface area contributed by atoms with Gasteiger partial charge in [-0.15, -0.1) is 0 Å². The molecule has 2 N–H and O–H groups in total. The Bertz CT molecular complexity index is 182. The Morgan fingerprint density at radius 2 is 1.40 bits per heavy atom. The van der Waals surface area contributed by atoms with Crippen molar-refractivity contribution in [2.45, 2.75) is 9.81 Å². The van der Waals surface area contributed by atoms with Gasteiger partial charge in [-0.1, -0.05) is 0 Å². The number of likely N-dealkylation sites (N-methyl/N-ethyl adjacent to an activating group) is 2. The molecule has 5 heteroatoms. The van der Waals surface area contributed by atoms with E-state index in [9.17, 15) is 0 Å². The molecular formula is C10H23AlN4. The smallest absolute Gasteiger partial charge is 0.292 e. The van der Waals surface area contributed by atoms with Gasteiger partial charge in [0.2, 0.25) is 0 Å². The molecule has 2 atom stereocenters. The monoisotopic (exact) mass is 226 g/mol. The zero-order chi connectivity index (χ0) is 10.7. The van der Waals surface area contributed by atoms with Crippen LogP contribution in [0.4, 0.5) is 0 Å². The van der Waals surface area contributed by atoms with Crippen molar-refractivity contribution < 1.29 is 0 Å². The molecule has 0 radical (unpaired) electrons. The normalized spacial score (nSPS) is 35.3. The minimum absolute atomic E-state index is 0.0483. The molecule has 2 fully saturated rings. The lowest BCUT2D eigenvalue weighted by Crippen LogP contribution is -2.60. The summed E-state index contributed by atoms with van der Waals surface area (Å²) in [5.41, 5.74) is 0. The van der Waals surface area contributed by atoms with E-state index in [1.807, 2.05) is 0 Å². The molecule has 0 aromatic carbocycles. The van der Waals surface area contributed by atoms with Crippen LogP contribution in [-0.2, 0) is 0 Å². The average Bonchev–Trinajstić information content (AvgIpc) is 2.24. The van der Waals surface area contributed by atoms with Crippen molar-refractivity contribution in [2.75, 3.05) is 53.4 Å². The summed E-state index contributed by atoms with van der Waals surface area (Å²) in [4.78, 5) is 6.83. The van der Waals surface area contributed by atoms with Gasteiger partial charge in [0.25, 0.3) is 15.2 Å². The maximum absolute atomic E-state index is 3.52. The van der Waals surface area contributed by atoms with Gasteiger partial charge >= 0.3 is 0 Å². The van der Waals surface area contributed by atoms with Crippen molar-refractivity contribution in [3.63, 3.8) is 0 Å². The highest BCUT2D eigenvalue weighted by molar-refractivity contribution is 6.40. The molecule has 2 rings (SSSR count). The molecule has 0 bridgehead atoms. The third-order valence-electron chi connectivity index (χ3n) is 3.83. The van der Waals surface area contributed by atoms with Gasteiger partial charge in [0.05, 0.1) is 0 Å². The molecule has 2 aliphatic heterocycles. The Kier molecular flexibility index (Phi) is 4.44. The van der Waals surface area contributed by atoms with E-state index in [2.05, 4.69) is 34.5 Å². The van der Waals surface area contributed by atoms with E-state index in [0.717, 1.165) is 9.81 Å². The molecule has 0 saturated carbocycles. The molecule has 0 amide bonds. The first-order valence-electron chi connectivity index (χ1n) is 6.09. The molecule has 2 unspecified atom stereocenters. The van der Waals surface area contributed by atoms with E-state index in [4.69, 9.17) is 0 Å².